The molecule has 0 radical (unpaired) electrons. The first-order valence-electron chi connectivity index (χ1n) is 10.1. The highest BCUT2D eigenvalue weighted by atomic mass is 16.5. The molecule has 5 rings (SSSR count). The standard InChI is InChI=1S/C23H22N4O3/c1-30-20-5-3-2-4-19(20)23(29)26-11-15-8-16(13-26)22-18(17-9-24-14-25-10-17)6-7-21(28)27(22)12-15/h2-7,9-10,14-16H,8,11-13H2,1H3/t15-,16+/m0/s1. The molecule has 4 heterocycles. The highest BCUT2D eigenvalue weighted by Gasteiger charge is 2.38. The van der Waals surface area contributed by atoms with Crippen LogP contribution in [0.2, 0.25) is 0 Å². The number of amides is 1. The Morgan fingerprint density at radius 2 is 1.87 bits per heavy atom. The molecule has 30 heavy (non-hydrogen) atoms. The lowest BCUT2D eigenvalue weighted by Crippen LogP contribution is -2.49. The largest absolute Gasteiger partial charge is 0.496 e. The van der Waals surface area contributed by atoms with Crippen LogP contribution in [0.25, 0.3) is 11.1 Å². The molecule has 0 saturated carbocycles. The molecule has 2 atom stereocenters. The molecule has 2 bridgehead atoms. The summed E-state index contributed by atoms with van der Waals surface area (Å²) in [7, 11) is 1.58. The number of rotatable bonds is 3. The first kappa shape index (κ1) is 18.5. The number of carbonyl (C=O) groups is 1. The molecule has 1 aromatic carbocycles. The van der Waals surface area contributed by atoms with Crippen LogP contribution in [0.4, 0.5) is 0 Å². The quantitative estimate of drug-likeness (QED) is 0.673. The third kappa shape index (κ3) is 3.07. The average Bonchev–Trinajstić information content (AvgIpc) is 2.79. The van der Waals surface area contributed by atoms with Gasteiger partial charge in [0.2, 0.25) is 0 Å². The van der Waals surface area contributed by atoms with Gasteiger partial charge in [-0.05, 0) is 30.5 Å². The minimum Gasteiger partial charge on any atom is -0.496 e. The van der Waals surface area contributed by atoms with E-state index in [0.29, 0.717) is 30.9 Å². The fourth-order valence-corrected chi connectivity index (χ4v) is 4.85. The van der Waals surface area contributed by atoms with E-state index in [2.05, 4.69) is 9.97 Å². The molecule has 2 aromatic heterocycles. The molecule has 1 saturated heterocycles. The summed E-state index contributed by atoms with van der Waals surface area (Å²) in [4.78, 5) is 36.1. The third-order valence-corrected chi connectivity index (χ3v) is 6.09. The Bertz CT molecular complexity index is 1160. The van der Waals surface area contributed by atoms with Crippen molar-refractivity contribution in [2.45, 2.75) is 18.9 Å². The van der Waals surface area contributed by atoms with Gasteiger partial charge in [0.15, 0.2) is 0 Å². The Morgan fingerprint density at radius 3 is 2.67 bits per heavy atom. The molecule has 0 spiro atoms. The fourth-order valence-electron chi connectivity index (χ4n) is 4.85. The monoisotopic (exact) mass is 402 g/mol. The van der Waals surface area contributed by atoms with Crippen molar-refractivity contribution in [1.82, 2.24) is 19.4 Å². The minimum absolute atomic E-state index is 0.00445. The number of nitrogens with zero attached hydrogens (tertiary/aromatic N) is 4. The molecule has 2 aliphatic rings. The summed E-state index contributed by atoms with van der Waals surface area (Å²) in [6, 6.07) is 10.8. The van der Waals surface area contributed by atoms with Crippen molar-refractivity contribution < 1.29 is 9.53 Å². The Morgan fingerprint density at radius 1 is 1.07 bits per heavy atom. The molecule has 1 fully saturated rings. The van der Waals surface area contributed by atoms with Gasteiger partial charge in [-0.25, -0.2) is 9.97 Å². The average molecular weight is 402 g/mol. The van der Waals surface area contributed by atoms with Gasteiger partial charge in [-0.15, -0.1) is 0 Å². The van der Waals surface area contributed by atoms with E-state index in [1.54, 1.807) is 37.7 Å². The van der Waals surface area contributed by atoms with Crippen LogP contribution in [0.3, 0.4) is 0 Å². The molecule has 7 nitrogen and oxygen atoms in total. The van der Waals surface area contributed by atoms with Gasteiger partial charge >= 0.3 is 0 Å². The van der Waals surface area contributed by atoms with Crippen LogP contribution in [-0.4, -0.2) is 45.5 Å². The van der Waals surface area contributed by atoms with Crippen LogP contribution < -0.4 is 10.3 Å². The third-order valence-electron chi connectivity index (χ3n) is 6.09. The summed E-state index contributed by atoms with van der Waals surface area (Å²) in [5.41, 5.74) is 3.40. The number of benzene rings is 1. The van der Waals surface area contributed by atoms with Crippen LogP contribution in [-0.2, 0) is 6.54 Å². The van der Waals surface area contributed by atoms with Crippen LogP contribution >= 0.6 is 0 Å². The van der Waals surface area contributed by atoms with Gasteiger partial charge in [0.05, 0.1) is 12.7 Å². The van der Waals surface area contributed by atoms with Crippen LogP contribution in [0.1, 0.15) is 28.4 Å². The van der Waals surface area contributed by atoms with Crippen molar-refractivity contribution in [3.05, 3.63) is 76.7 Å². The lowest BCUT2D eigenvalue weighted by atomic mass is 9.80. The minimum atomic E-state index is -0.0292. The summed E-state index contributed by atoms with van der Waals surface area (Å²) in [6.45, 7) is 1.82. The van der Waals surface area contributed by atoms with Gasteiger partial charge in [0.1, 0.15) is 12.1 Å². The van der Waals surface area contributed by atoms with Crippen molar-refractivity contribution in [3.8, 4) is 16.9 Å². The second-order valence-corrected chi connectivity index (χ2v) is 7.92. The molecule has 0 unspecified atom stereocenters. The van der Waals surface area contributed by atoms with Crippen molar-refractivity contribution in [2.75, 3.05) is 20.2 Å². The Labute approximate surface area is 174 Å². The normalized spacial score (nSPS) is 19.8. The Hall–Kier alpha value is -3.48. The summed E-state index contributed by atoms with van der Waals surface area (Å²) in [6.07, 6.45) is 5.98. The van der Waals surface area contributed by atoms with Gasteiger partial charge < -0.3 is 14.2 Å². The van der Waals surface area contributed by atoms with E-state index in [-0.39, 0.29) is 23.3 Å². The second kappa shape index (κ2) is 7.40. The van der Waals surface area contributed by atoms with E-state index in [1.165, 1.54) is 6.33 Å². The smallest absolute Gasteiger partial charge is 0.257 e. The number of para-hydroxylation sites is 1. The molecule has 3 aromatic rings. The highest BCUT2D eigenvalue weighted by Crippen LogP contribution is 2.40. The summed E-state index contributed by atoms with van der Waals surface area (Å²) in [5, 5.41) is 0. The first-order chi connectivity index (χ1) is 14.7. The number of hydrogen-bond acceptors (Lipinski definition) is 5. The molecule has 2 aliphatic heterocycles. The van der Waals surface area contributed by atoms with Crippen LogP contribution in [0, 0.1) is 5.92 Å². The molecular formula is C23H22N4O3. The molecular weight excluding hydrogens is 380 g/mol. The van der Waals surface area contributed by atoms with Gasteiger partial charge in [-0.1, -0.05) is 12.1 Å². The summed E-state index contributed by atoms with van der Waals surface area (Å²) in [5.74, 6) is 0.880. The maximum atomic E-state index is 13.3. The molecule has 1 amide bonds. The number of aromatic nitrogens is 3. The zero-order valence-corrected chi connectivity index (χ0v) is 16.7. The number of carbonyl (C=O) groups excluding carboxylic acids is 1. The zero-order chi connectivity index (χ0) is 20.7. The number of fused-ring (bicyclic) bond motifs is 4. The zero-order valence-electron chi connectivity index (χ0n) is 16.7. The van der Waals surface area contributed by atoms with Crippen LogP contribution in [0.5, 0.6) is 5.75 Å². The molecule has 7 heteroatoms. The molecule has 0 N–H and O–H groups in total. The summed E-state index contributed by atoms with van der Waals surface area (Å²) < 4.78 is 7.27. The van der Waals surface area contributed by atoms with Crippen molar-refractivity contribution in [1.29, 1.82) is 0 Å². The number of methoxy groups -OCH3 is 1. The predicted molar refractivity (Wildman–Crippen MR) is 111 cm³/mol. The summed E-state index contributed by atoms with van der Waals surface area (Å²) >= 11 is 0. The Balaban J connectivity index is 1.54. The van der Waals surface area contributed by atoms with Crippen molar-refractivity contribution in [3.63, 3.8) is 0 Å². The molecule has 0 aliphatic carbocycles. The van der Waals surface area contributed by atoms with Gasteiger partial charge in [-0.2, -0.15) is 0 Å². The maximum Gasteiger partial charge on any atom is 0.257 e. The Kier molecular flexibility index (Phi) is 4.58. The lowest BCUT2D eigenvalue weighted by Gasteiger charge is -2.43. The van der Waals surface area contributed by atoms with E-state index in [0.717, 1.165) is 23.2 Å². The van der Waals surface area contributed by atoms with Crippen LogP contribution in [0.15, 0.2) is 59.9 Å². The van der Waals surface area contributed by atoms with Gasteiger partial charge in [-0.3, -0.25) is 9.59 Å². The van der Waals surface area contributed by atoms with E-state index in [1.807, 2.05) is 27.7 Å². The number of piperidine rings is 1. The van der Waals surface area contributed by atoms with E-state index >= 15 is 0 Å². The highest BCUT2D eigenvalue weighted by molar-refractivity contribution is 5.97. The first-order valence-corrected chi connectivity index (χ1v) is 10.1. The lowest BCUT2D eigenvalue weighted by molar-refractivity contribution is 0.0592. The topological polar surface area (TPSA) is 77.3 Å². The number of hydrogen-bond donors (Lipinski definition) is 0. The number of ether oxygens (including phenoxy) is 1. The van der Waals surface area contributed by atoms with Gasteiger partial charge in [0, 0.05) is 60.8 Å². The molecule has 152 valence electrons. The number of likely N-dealkylation sites (tertiary alicyclic amines) is 1. The maximum absolute atomic E-state index is 13.3. The van der Waals surface area contributed by atoms with Crippen molar-refractivity contribution in [2.24, 2.45) is 5.92 Å². The number of pyridine rings is 1. The van der Waals surface area contributed by atoms with E-state index < -0.39 is 0 Å². The predicted octanol–water partition coefficient (Wildman–Crippen LogP) is 2.57. The fraction of sp³-hybridized carbons (Fsp3) is 0.304. The van der Waals surface area contributed by atoms with E-state index in [4.69, 9.17) is 4.74 Å². The second-order valence-electron chi connectivity index (χ2n) is 7.92. The SMILES string of the molecule is COc1ccccc1C(=O)N1C[C@@H]2C[C@H](C1)c1c(-c3cncnc3)ccc(=O)n1C2. The van der Waals surface area contributed by atoms with Gasteiger partial charge in [0.25, 0.3) is 11.5 Å². The van der Waals surface area contributed by atoms with E-state index in [9.17, 15) is 9.59 Å². The van der Waals surface area contributed by atoms with Crippen molar-refractivity contribution >= 4 is 5.91 Å².